The topological polar surface area (TPSA) is 90.0 Å². The van der Waals surface area contributed by atoms with E-state index in [1.165, 1.54) is 11.8 Å². The standard InChI is InChI=1S/C21H22N4O2/c1-13-9-15(3)18(10-14(13)2)23-21-24-20(27)17(19(22)26)12-25(21)11-16-7-5-4-6-8-16/h4-10,12H,11H2,1-3H3,(H2,22,26)(H,23,24,27). The number of anilines is 2. The number of nitrogens with one attached hydrogen (secondary N) is 1. The lowest BCUT2D eigenvalue weighted by Gasteiger charge is -2.17. The number of hydrogen-bond acceptors (Lipinski definition) is 4. The molecule has 138 valence electrons. The summed E-state index contributed by atoms with van der Waals surface area (Å²) in [6.07, 6.45) is 1.46. The Bertz CT molecular complexity index is 1060. The summed E-state index contributed by atoms with van der Waals surface area (Å²) in [5.41, 5.74) is 9.79. The van der Waals surface area contributed by atoms with E-state index in [1.54, 1.807) is 4.57 Å². The number of primary amides is 1. The minimum absolute atomic E-state index is 0.131. The van der Waals surface area contributed by atoms with Crippen molar-refractivity contribution in [1.82, 2.24) is 9.55 Å². The van der Waals surface area contributed by atoms with Crippen molar-refractivity contribution in [1.29, 1.82) is 0 Å². The molecule has 2 aromatic carbocycles. The Morgan fingerprint density at radius 1 is 1.07 bits per heavy atom. The molecule has 1 aromatic heterocycles. The third-order valence-electron chi connectivity index (χ3n) is 4.54. The summed E-state index contributed by atoms with van der Waals surface area (Å²) in [5.74, 6) is -0.427. The Balaban J connectivity index is 2.08. The molecule has 3 rings (SSSR count). The number of nitrogens with zero attached hydrogens (tertiary/aromatic N) is 2. The van der Waals surface area contributed by atoms with E-state index < -0.39 is 11.5 Å². The van der Waals surface area contributed by atoms with Crippen molar-refractivity contribution in [3.05, 3.63) is 86.8 Å². The van der Waals surface area contributed by atoms with Gasteiger partial charge in [-0.1, -0.05) is 36.4 Å². The van der Waals surface area contributed by atoms with Crippen molar-refractivity contribution >= 4 is 17.5 Å². The first-order chi connectivity index (χ1) is 12.8. The van der Waals surface area contributed by atoms with Crippen LogP contribution in [-0.4, -0.2) is 15.5 Å². The molecule has 0 spiro atoms. The highest BCUT2D eigenvalue weighted by Crippen LogP contribution is 2.23. The second kappa shape index (κ2) is 7.45. The van der Waals surface area contributed by atoms with Crippen LogP contribution in [0.2, 0.25) is 0 Å². The molecule has 0 aliphatic rings. The predicted octanol–water partition coefficient (Wildman–Crippen LogP) is 3.06. The third kappa shape index (κ3) is 4.06. The average molecular weight is 362 g/mol. The quantitative estimate of drug-likeness (QED) is 0.730. The number of carbonyl (C=O) groups is 1. The molecule has 6 heteroatoms. The van der Waals surface area contributed by atoms with Gasteiger partial charge in [-0.25, -0.2) is 0 Å². The maximum atomic E-state index is 12.2. The van der Waals surface area contributed by atoms with Crippen LogP contribution < -0.4 is 16.6 Å². The molecule has 0 aliphatic heterocycles. The van der Waals surface area contributed by atoms with Gasteiger partial charge in [0.25, 0.3) is 11.5 Å². The van der Waals surface area contributed by atoms with E-state index in [1.807, 2.05) is 50.2 Å². The Morgan fingerprint density at radius 3 is 2.41 bits per heavy atom. The zero-order valence-corrected chi connectivity index (χ0v) is 15.6. The molecular weight excluding hydrogens is 340 g/mol. The highest BCUT2D eigenvalue weighted by atomic mass is 16.2. The molecule has 0 saturated heterocycles. The van der Waals surface area contributed by atoms with Gasteiger partial charge >= 0.3 is 0 Å². The van der Waals surface area contributed by atoms with E-state index in [0.717, 1.165) is 22.4 Å². The van der Waals surface area contributed by atoms with Crippen molar-refractivity contribution in [2.45, 2.75) is 27.3 Å². The largest absolute Gasteiger partial charge is 0.365 e. The lowest BCUT2D eigenvalue weighted by atomic mass is 10.1. The Labute approximate surface area is 157 Å². The van der Waals surface area contributed by atoms with Crippen LogP contribution in [0.1, 0.15) is 32.6 Å². The van der Waals surface area contributed by atoms with Gasteiger partial charge < -0.3 is 15.6 Å². The summed E-state index contributed by atoms with van der Waals surface area (Å²) < 4.78 is 1.73. The highest BCUT2D eigenvalue weighted by Gasteiger charge is 2.14. The number of carbonyl (C=O) groups excluding carboxylic acids is 1. The summed E-state index contributed by atoms with van der Waals surface area (Å²) in [6.45, 7) is 6.52. The fraction of sp³-hybridized carbons (Fsp3) is 0.190. The van der Waals surface area contributed by atoms with Gasteiger partial charge in [0.05, 0.1) is 6.54 Å². The van der Waals surface area contributed by atoms with Crippen molar-refractivity contribution in [3.63, 3.8) is 0 Å². The van der Waals surface area contributed by atoms with Crippen molar-refractivity contribution in [2.24, 2.45) is 5.73 Å². The Hall–Kier alpha value is -3.41. The molecule has 0 bridgehead atoms. The van der Waals surface area contributed by atoms with E-state index in [4.69, 9.17) is 5.73 Å². The lowest BCUT2D eigenvalue weighted by Crippen LogP contribution is -2.27. The Morgan fingerprint density at radius 2 is 1.74 bits per heavy atom. The van der Waals surface area contributed by atoms with Crippen molar-refractivity contribution < 1.29 is 4.79 Å². The van der Waals surface area contributed by atoms with Gasteiger partial charge in [-0.2, -0.15) is 4.98 Å². The molecule has 0 atom stereocenters. The van der Waals surface area contributed by atoms with Crippen LogP contribution in [0.5, 0.6) is 0 Å². The van der Waals surface area contributed by atoms with Gasteiger partial charge in [-0.3, -0.25) is 9.59 Å². The maximum absolute atomic E-state index is 12.2. The molecule has 6 nitrogen and oxygen atoms in total. The summed E-state index contributed by atoms with van der Waals surface area (Å²) in [6, 6.07) is 13.8. The van der Waals surface area contributed by atoms with Gasteiger partial charge in [-0.05, 0) is 49.1 Å². The minimum Gasteiger partial charge on any atom is -0.365 e. The van der Waals surface area contributed by atoms with Crippen LogP contribution in [0.4, 0.5) is 11.6 Å². The van der Waals surface area contributed by atoms with Gasteiger partial charge in [-0.15, -0.1) is 0 Å². The van der Waals surface area contributed by atoms with E-state index >= 15 is 0 Å². The number of amides is 1. The van der Waals surface area contributed by atoms with E-state index in [0.29, 0.717) is 12.5 Å². The van der Waals surface area contributed by atoms with Crippen LogP contribution in [0.25, 0.3) is 0 Å². The molecule has 27 heavy (non-hydrogen) atoms. The predicted molar refractivity (Wildman–Crippen MR) is 106 cm³/mol. The van der Waals surface area contributed by atoms with Crippen LogP contribution in [0, 0.1) is 20.8 Å². The van der Waals surface area contributed by atoms with Crippen molar-refractivity contribution in [2.75, 3.05) is 5.32 Å². The zero-order chi connectivity index (χ0) is 19.6. The molecule has 3 aromatic rings. The van der Waals surface area contributed by atoms with Crippen LogP contribution >= 0.6 is 0 Å². The highest BCUT2D eigenvalue weighted by molar-refractivity contribution is 5.92. The van der Waals surface area contributed by atoms with Gasteiger partial charge in [0, 0.05) is 11.9 Å². The monoisotopic (exact) mass is 362 g/mol. The van der Waals surface area contributed by atoms with E-state index in [2.05, 4.69) is 23.3 Å². The number of aryl methyl sites for hydroxylation is 3. The first-order valence-corrected chi connectivity index (χ1v) is 8.65. The first-order valence-electron chi connectivity index (χ1n) is 8.65. The molecule has 0 unspecified atom stereocenters. The van der Waals surface area contributed by atoms with Gasteiger partial charge in [0.15, 0.2) is 0 Å². The molecule has 0 fully saturated rings. The number of hydrogen-bond donors (Lipinski definition) is 2. The summed E-state index contributed by atoms with van der Waals surface area (Å²) in [5, 5.41) is 3.24. The maximum Gasteiger partial charge on any atom is 0.287 e. The molecule has 0 radical (unpaired) electrons. The Kier molecular flexibility index (Phi) is 5.07. The fourth-order valence-electron chi connectivity index (χ4n) is 2.88. The number of benzene rings is 2. The number of rotatable bonds is 5. The molecule has 1 amide bonds. The molecular formula is C21H22N4O2. The number of aromatic nitrogens is 2. The summed E-state index contributed by atoms with van der Waals surface area (Å²) in [7, 11) is 0. The third-order valence-corrected chi connectivity index (χ3v) is 4.54. The lowest BCUT2D eigenvalue weighted by molar-refractivity contribution is 0.0998. The molecule has 3 N–H and O–H groups in total. The first kappa shape index (κ1) is 18.4. The fourth-order valence-corrected chi connectivity index (χ4v) is 2.88. The number of nitrogens with two attached hydrogens (primary N) is 1. The van der Waals surface area contributed by atoms with Gasteiger partial charge in [0.1, 0.15) is 5.56 Å². The molecule has 1 heterocycles. The molecule has 0 aliphatic carbocycles. The average Bonchev–Trinajstić information content (AvgIpc) is 2.62. The van der Waals surface area contributed by atoms with Crippen LogP contribution in [-0.2, 0) is 6.54 Å². The van der Waals surface area contributed by atoms with Crippen LogP contribution in [0.3, 0.4) is 0 Å². The van der Waals surface area contributed by atoms with Crippen LogP contribution in [0.15, 0.2) is 53.5 Å². The second-order valence-electron chi connectivity index (χ2n) is 6.64. The van der Waals surface area contributed by atoms with E-state index in [9.17, 15) is 9.59 Å². The van der Waals surface area contributed by atoms with Crippen molar-refractivity contribution in [3.8, 4) is 0 Å². The van der Waals surface area contributed by atoms with E-state index in [-0.39, 0.29) is 5.56 Å². The smallest absolute Gasteiger partial charge is 0.287 e. The summed E-state index contributed by atoms with van der Waals surface area (Å²) in [4.78, 5) is 27.9. The zero-order valence-electron chi connectivity index (χ0n) is 15.6. The minimum atomic E-state index is -0.789. The summed E-state index contributed by atoms with van der Waals surface area (Å²) >= 11 is 0. The SMILES string of the molecule is Cc1cc(C)c(Nc2nc(=O)c(C(N)=O)cn2Cc2ccccc2)cc1C. The van der Waals surface area contributed by atoms with Gasteiger partial charge in [0.2, 0.25) is 5.95 Å². The molecule has 0 saturated carbocycles. The second-order valence-corrected chi connectivity index (χ2v) is 6.64. The normalized spacial score (nSPS) is 10.6.